The first kappa shape index (κ1) is 16.3. The van der Waals surface area contributed by atoms with Crippen molar-refractivity contribution in [2.75, 3.05) is 6.61 Å². The second kappa shape index (κ2) is 7.80. The zero-order valence-electron chi connectivity index (χ0n) is 13.5. The van der Waals surface area contributed by atoms with Gasteiger partial charge >= 0.3 is 5.97 Å². The number of nitrogens with zero attached hydrogens (tertiary/aromatic N) is 2. The van der Waals surface area contributed by atoms with Gasteiger partial charge in [0.1, 0.15) is 0 Å². The van der Waals surface area contributed by atoms with Gasteiger partial charge in [-0.05, 0) is 18.2 Å². The number of benzene rings is 2. The van der Waals surface area contributed by atoms with Crippen LogP contribution < -0.4 is 0 Å². The van der Waals surface area contributed by atoms with Crippen LogP contribution in [0.3, 0.4) is 0 Å². The minimum absolute atomic E-state index is 0.0437. The number of ether oxygens (including phenoxy) is 1. The van der Waals surface area contributed by atoms with Gasteiger partial charge in [0.25, 0.3) is 0 Å². The third-order valence-corrected chi connectivity index (χ3v) is 3.51. The van der Waals surface area contributed by atoms with Gasteiger partial charge in [-0.1, -0.05) is 54.5 Å². The molecule has 0 aliphatic heterocycles. The van der Waals surface area contributed by atoms with Crippen LogP contribution in [0.15, 0.2) is 72.9 Å². The van der Waals surface area contributed by atoms with Gasteiger partial charge in [-0.2, -0.15) is 5.10 Å². The average molecular weight is 328 g/mol. The van der Waals surface area contributed by atoms with E-state index < -0.39 is 5.97 Å². The smallest absolute Gasteiger partial charge is 0.331 e. The fraction of sp³-hybridized carbons (Fsp3) is 0.0476. The zero-order chi connectivity index (χ0) is 17.5. The third kappa shape index (κ3) is 4.04. The molecule has 0 bridgehead atoms. The molecule has 4 nitrogen and oxygen atoms in total. The summed E-state index contributed by atoms with van der Waals surface area (Å²) in [5.41, 5.74) is 3.50. The van der Waals surface area contributed by atoms with E-state index in [0.29, 0.717) is 0 Å². The zero-order valence-corrected chi connectivity index (χ0v) is 13.5. The molecule has 0 saturated carbocycles. The summed E-state index contributed by atoms with van der Waals surface area (Å²) in [7, 11) is 0. The van der Waals surface area contributed by atoms with Crippen LogP contribution in [0.5, 0.6) is 0 Å². The van der Waals surface area contributed by atoms with Gasteiger partial charge in [-0.15, -0.1) is 6.42 Å². The molecule has 1 heterocycles. The average Bonchev–Trinajstić information content (AvgIpc) is 3.10. The van der Waals surface area contributed by atoms with Crippen molar-refractivity contribution in [3.8, 4) is 29.3 Å². The number of hydrogen-bond donors (Lipinski definition) is 0. The molecule has 0 atom stereocenters. The van der Waals surface area contributed by atoms with Gasteiger partial charge in [-0.25, -0.2) is 9.48 Å². The number of hydrogen-bond acceptors (Lipinski definition) is 3. The second-order valence-electron chi connectivity index (χ2n) is 5.22. The number of esters is 1. The number of carbonyl (C=O) groups is 1. The Labute approximate surface area is 146 Å². The number of terminal acetylenes is 1. The molecule has 0 aliphatic carbocycles. The van der Waals surface area contributed by atoms with Crippen molar-refractivity contribution in [2.24, 2.45) is 0 Å². The molecule has 0 aliphatic rings. The maximum atomic E-state index is 11.7. The minimum atomic E-state index is -0.482. The predicted molar refractivity (Wildman–Crippen MR) is 97.8 cm³/mol. The molecule has 0 radical (unpaired) electrons. The minimum Gasteiger partial charge on any atom is -0.449 e. The van der Waals surface area contributed by atoms with E-state index in [2.05, 4.69) is 11.0 Å². The fourth-order valence-corrected chi connectivity index (χ4v) is 2.36. The molecular weight excluding hydrogens is 312 g/mol. The van der Waals surface area contributed by atoms with E-state index >= 15 is 0 Å². The van der Waals surface area contributed by atoms with E-state index in [9.17, 15) is 4.79 Å². The number of aromatic nitrogens is 2. The SMILES string of the molecule is C#CCOC(=O)/C=C/c1cn(-c2ccccc2)nc1-c1ccccc1. The van der Waals surface area contributed by atoms with Gasteiger partial charge in [0.15, 0.2) is 6.61 Å². The van der Waals surface area contributed by atoms with Crippen molar-refractivity contribution < 1.29 is 9.53 Å². The van der Waals surface area contributed by atoms with Crippen LogP contribution in [-0.4, -0.2) is 22.4 Å². The molecule has 2 aromatic carbocycles. The molecular formula is C21H16N2O2. The molecule has 0 N–H and O–H groups in total. The Kier molecular flexibility index (Phi) is 5.08. The summed E-state index contributed by atoms with van der Waals surface area (Å²) in [4.78, 5) is 11.7. The Balaban J connectivity index is 1.98. The highest BCUT2D eigenvalue weighted by atomic mass is 16.5. The third-order valence-electron chi connectivity index (χ3n) is 3.51. The van der Waals surface area contributed by atoms with Crippen LogP contribution in [0, 0.1) is 12.3 Å². The lowest BCUT2D eigenvalue weighted by Crippen LogP contribution is -1.99. The van der Waals surface area contributed by atoms with Crippen molar-refractivity contribution in [3.63, 3.8) is 0 Å². The van der Waals surface area contributed by atoms with Crippen molar-refractivity contribution in [1.82, 2.24) is 9.78 Å². The lowest BCUT2D eigenvalue weighted by Gasteiger charge is -2.00. The van der Waals surface area contributed by atoms with Crippen LogP contribution in [0.2, 0.25) is 0 Å². The highest BCUT2D eigenvalue weighted by Crippen LogP contribution is 2.24. The molecule has 25 heavy (non-hydrogen) atoms. The first-order chi connectivity index (χ1) is 12.3. The summed E-state index contributed by atoms with van der Waals surface area (Å²) in [5.74, 6) is 1.78. The highest BCUT2D eigenvalue weighted by Gasteiger charge is 2.10. The van der Waals surface area contributed by atoms with Gasteiger partial charge in [-0.3, -0.25) is 0 Å². The number of rotatable bonds is 5. The summed E-state index contributed by atoms with van der Waals surface area (Å²) in [6, 6.07) is 19.6. The Morgan fingerprint density at radius 1 is 1.12 bits per heavy atom. The molecule has 0 amide bonds. The van der Waals surface area contributed by atoms with Crippen molar-refractivity contribution in [1.29, 1.82) is 0 Å². The first-order valence-electron chi connectivity index (χ1n) is 7.77. The predicted octanol–water partition coefficient (Wildman–Crippen LogP) is 3.73. The number of carbonyl (C=O) groups excluding carboxylic acids is 1. The highest BCUT2D eigenvalue weighted by molar-refractivity contribution is 5.88. The Bertz CT molecular complexity index is 920. The quantitative estimate of drug-likeness (QED) is 0.407. The molecule has 1 aromatic heterocycles. The van der Waals surface area contributed by atoms with E-state index in [-0.39, 0.29) is 6.61 Å². The van der Waals surface area contributed by atoms with Gasteiger partial charge in [0.2, 0.25) is 0 Å². The Morgan fingerprint density at radius 2 is 1.80 bits per heavy atom. The summed E-state index contributed by atoms with van der Waals surface area (Å²) in [6.45, 7) is -0.0437. The summed E-state index contributed by atoms with van der Waals surface area (Å²) in [6.07, 6.45) is 10.0. The summed E-state index contributed by atoms with van der Waals surface area (Å²) < 4.78 is 6.65. The lowest BCUT2D eigenvalue weighted by molar-refractivity contribution is -0.136. The Hall–Kier alpha value is -3.58. The van der Waals surface area contributed by atoms with E-state index in [4.69, 9.17) is 11.2 Å². The standard InChI is InChI=1S/C21H16N2O2/c1-2-15-25-20(24)14-13-18-16-23(19-11-7-4-8-12-19)22-21(18)17-9-5-3-6-10-17/h1,3-14,16H,15H2/b14-13+. The Morgan fingerprint density at radius 3 is 2.48 bits per heavy atom. The van der Waals surface area contributed by atoms with Crippen LogP contribution in [0.1, 0.15) is 5.56 Å². The van der Waals surface area contributed by atoms with Crippen molar-refractivity contribution >= 4 is 12.0 Å². The maximum Gasteiger partial charge on any atom is 0.331 e. The van der Waals surface area contributed by atoms with Crippen LogP contribution in [-0.2, 0) is 9.53 Å². The van der Waals surface area contributed by atoms with Crippen molar-refractivity contribution in [3.05, 3.63) is 78.5 Å². The van der Waals surface area contributed by atoms with Gasteiger partial charge in [0.05, 0.1) is 11.4 Å². The molecule has 3 aromatic rings. The molecule has 0 unspecified atom stereocenters. The van der Waals surface area contributed by atoms with Crippen LogP contribution >= 0.6 is 0 Å². The van der Waals surface area contributed by atoms with Gasteiger partial charge in [0, 0.05) is 23.4 Å². The fourth-order valence-electron chi connectivity index (χ4n) is 2.36. The molecule has 122 valence electrons. The molecule has 0 fully saturated rings. The molecule has 0 saturated heterocycles. The molecule has 0 spiro atoms. The van der Waals surface area contributed by atoms with Crippen LogP contribution in [0.25, 0.3) is 23.0 Å². The van der Waals surface area contributed by atoms with Crippen molar-refractivity contribution in [2.45, 2.75) is 0 Å². The maximum absolute atomic E-state index is 11.7. The van der Waals surface area contributed by atoms with E-state index in [1.807, 2.05) is 66.9 Å². The van der Waals surface area contributed by atoms with E-state index in [1.54, 1.807) is 10.8 Å². The normalized spacial score (nSPS) is 10.5. The van der Waals surface area contributed by atoms with E-state index in [1.165, 1.54) is 6.08 Å². The second-order valence-corrected chi connectivity index (χ2v) is 5.22. The lowest BCUT2D eigenvalue weighted by atomic mass is 10.1. The summed E-state index contributed by atoms with van der Waals surface area (Å²) >= 11 is 0. The van der Waals surface area contributed by atoms with Crippen LogP contribution in [0.4, 0.5) is 0 Å². The molecule has 3 rings (SSSR count). The summed E-state index contributed by atoms with van der Waals surface area (Å²) in [5, 5.41) is 4.67. The largest absolute Gasteiger partial charge is 0.449 e. The van der Waals surface area contributed by atoms with Gasteiger partial charge < -0.3 is 4.74 Å². The topological polar surface area (TPSA) is 44.1 Å². The first-order valence-corrected chi connectivity index (χ1v) is 7.77. The number of para-hydroxylation sites is 1. The molecule has 4 heteroatoms. The van der Waals surface area contributed by atoms with E-state index in [0.717, 1.165) is 22.5 Å². The monoisotopic (exact) mass is 328 g/mol.